The molecule has 5 nitrogen and oxygen atoms in total. The maximum absolute atomic E-state index is 11.9. The van der Waals surface area contributed by atoms with Crippen molar-refractivity contribution in [3.8, 4) is 0 Å². The Kier molecular flexibility index (Phi) is 3.86. The van der Waals surface area contributed by atoms with Gasteiger partial charge < -0.3 is 10.6 Å². The Labute approximate surface area is 104 Å². The summed E-state index contributed by atoms with van der Waals surface area (Å²) in [7, 11) is 0. The summed E-state index contributed by atoms with van der Waals surface area (Å²) < 4.78 is 0. The number of Topliss-reactive ketones (excluding diaryl/α,β-unsaturated/α-hetero) is 1. The topological polar surface area (TPSA) is 71.1 Å². The third kappa shape index (κ3) is 3.10. The number of ketones is 1. The molecule has 1 aliphatic rings. The van der Waals surface area contributed by atoms with Crippen molar-refractivity contribution in [2.24, 2.45) is 5.92 Å². The lowest BCUT2D eigenvalue weighted by molar-refractivity contribution is -0.120. The zero-order valence-electron chi connectivity index (χ0n) is 9.66. The maximum atomic E-state index is 11.9. The van der Waals surface area contributed by atoms with Crippen molar-refractivity contribution in [3.63, 3.8) is 0 Å². The van der Waals surface area contributed by atoms with Crippen LogP contribution in [0.15, 0.2) is 5.38 Å². The van der Waals surface area contributed by atoms with E-state index in [1.54, 1.807) is 5.38 Å². The number of carbonyl (C=O) groups excluding carboxylic acids is 2. The van der Waals surface area contributed by atoms with Gasteiger partial charge in [-0.2, -0.15) is 0 Å². The van der Waals surface area contributed by atoms with E-state index in [4.69, 9.17) is 0 Å². The molecule has 0 aromatic carbocycles. The van der Waals surface area contributed by atoms with Crippen LogP contribution in [0, 0.1) is 5.92 Å². The molecule has 1 fully saturated rings. The van der Waals surface area contributed by atoms with Gasteiger partial charge in [-0.25, -0.2) is 4.98 Å². The van der Waals surface area contributed by atoms with Crippen molar-refractivity contribution in [1.82, 2.24) is 10.3 Å². The zero-order chi connectivity index (χ0) is 12.3. The highest BCUT2D eigenvalue weighted by Gasteiger charge is 2.21. The van der Waals surface area contributed by atoms with E-state index >= 15 is 0 Å². The molecule has 0 saturated carbocycles. The summed E-state index contributed by atoms with van der Waals surface area (Å²) in [6, 6.07) is 0. The van der Waals surface area contributed by atoms with Crippen LogP contribution in [0.5, 0.6) is 0 Å². The molecule has 2 N–H and O–H groups in total. The second-order valence-corrected chi connectivity index (χ2v) is 4.97. The van der Waals surface area contributed by atoms with Crippen LogP contribution in [0.1, 0.15) is 30.3 Å². The molecule has 0 radical (unpaired) electrons. The fraction of sp³-hybridized carbons (Fsp3) is 0.545. The van der Waals surface area contributed by atoms with Gasteiger partial charge in [0.05, 0.1) is 0 Å². The molecular weight excluding hydrogens is 238 g/mol. The van der Waals surface area contributed by atoms with Gasteiger partial charge in [0.15, 0.2) is 10.9 Å². The number of hydrogen-bond donors (Lipinski definition) is 2. The minimum Gasteiger partial charge on any atom is -0.317 e. The van der Waals surface area contributed by atoms with E-state index in [0.717, 1.165) is 25.9 Å². The molecule has 1 saturated heterocycles. The molecule has 0 bridgehead atoms. The van der Waals surface area contributed by atoms with Crippen LogP contribution in [0.25, 0.3) is 0 Å². The summed E-state index contributed by atoms with van der Waals surface area (Å²) in [5.74, 6) is -0.0134. The van der Waals surface area contributed by atoms with Crippen LogP contribution >= 0.6 is 11.3 Å². The number of thiazole rings is 1. The molecule has 1 aromatic rings. The van der Waals surface area contributed by atoms with Gasteiger partial charge in [-0.05, 0) is 25.9 Å². The van der Waals surface area contributed by atoms with E-state index in [-0.39, 0.29) is 17.6 Å². The van der Waals surface area contributed by atoms with Crippen LogP contribution in [-0.2, 0) is 4.79 Å². The first-order chi connectivity index (χ1) is 8.16. The monoisotopic (exact) mass is 253 g/mol. The molecule has 0 unspecified atom stereocenters. The number of anilines is 1. The van der Waals surface area contributed by atoms with Gasteiger partial charge >= 0.3 is 0 Å². The van der Waals surface area contributed by atoms with Gasteiger partial charge in [0.1, 0.15) is 5.69 Å². The average Bonchev–Trinajstić information content (AvgIpc) is 2.79. The summed E-state index contributed by atoms with van der Waals surface area (Å²) in [5, 5.41) is 8.17. The van der Waals surface area contributed by atoms with Crippen LogP contribution in [0.2, 0.25) is 0 Å². The fourth-order valence-electron chi connectivity index (χ4n) is 1.78. The molecule has 92 valence electrons. The maximum Gasteiger partial charge on any atom is 0.229 e. The van der Waals surface area contributed by atoms with Gasteiger partial charge in [-0.3, -0.25) is 9.59 Å². The molecule has 2 heterocycles. The Balaban J connectivity index is 1.94. The minimum atomic E-state index is -0.0800. The smallest absolute Gasteiger partial charge is 0.229 e. The predicted molar refractivity (Wildman–Crippen MR) is 66.3 cm³/mol. The number of piperidine rings is 1. The largest absolute Gasteiger partial charge is 0.317 e. The van der Waals surface area contributed by atoms with Crippen molar-refractivity contribution in [2.45, 2.75) is 19.8 Å². The Bertz CT molecular complexity index is 424. The molecule has 0 aliphatic carbocycles. The van der Waals surface area contributed by atoms with E-state index in [0.29, 0.717) is 10.8 Å². The molecular formula is C11H15N3O2S. The lowest BCUT2D eigenvalue weighted by Crippen LogP contribution is -2.34. The normalized spacial score (nSPS) is 16.8. The molecule has 6 heteroatoms. The van der Waals surface area contributed by atoms with E-state index in [1.807, 2.05) is 0 Å². The summed E-state index contributed by atoms with van der Waals surface area (Å²) in [6.45, 7) is 3.23. The second kappa shape index (κ2) is 5.37. The Morgan fingerprint density at radius 2 is 2.18 bits per heavy atom. The number of amides is 1. The summed E-state index contributed by atoms with van der Waals surface area (Å²) in [4.78, 5) is 27.0. The van der Waals surface area contributed by atoms with Gasteiger partial charge in [0.25, 0.3) is 0 Å². The highest BCUT2D eigenvalue weighted by molar-refractivity contribution is 7.14. The summed E-state index contributed by atoms with van der Waals surface area (Å²) in [5.41, 5.74) is 0.413. The molecule has 0 atom stereocenters. The number of rotatable bonds is 3. The first kappa shape index (κ1) is 12.2. The van der Waals surface area contributed by atoms with E-state index in [1.165, 1.54) is 18.3 Å². The Morgan fingerprint density at radius 3 is 2.76 bits per heavy atom. The van der Waals surface area contributed by atoms with Crippen LogP contribution in [0.3, 0.4) is 0 Å². The SMILES string of the molecule is CC(=O)c1csc(NC(=O)C2CCNCC2)n1. The van der Waals surface area contributed by atoms with Crippen molar-refractivity contribution >= 4 is 28.2 Å². The fourth-order valence-corrected chi connectivity index (χ4v) is 2.54. The quantitative estimate of drug-likeness (QED) is 0.796. The first-order valence-electron chi connectivity index (χ1n) is 5.65. The van der Waals surface area contributed by atoms with Gasteiger partial charge in [-0.1, -0.05) is 0 Å². The molecule has 17 heavy (non-hydrogen) atoms. The van der Waals surface area contributed by atoms with Crippen molar-refractivity contribution in [1.29, 1.82) is 0 Å². The molecule has 0 spiro atoms. The molecule has 1 amide bonds. The minimum absolute atomic E-state index is 0.0101. The molecule has 1 aromatic heterocycles. The molecule has 2 rings (SSSR count). The second-order valence-electron chi connectivity index (χ2n) is 4.11. The highest BCUT2D eigenvalue weighted by Crippen LogP contribution is 2.19. The van der Waals surface area contributed by atoms with E-state index in [2.05, 4.69) is 15.6 Å². The number of nitrogens with zero attached hydrogens (tertiary/aromatic N) is 1. The van der Waals surface area contributed by atoms with E-state index < -0.39 is 0 Å². The lowest BCUT2D eigenvalue weighted by atomic mass is 9.97. The summed E-state index contributed by atoms with van der Waals surface area (Å²) >= 11 is 1.29. The van der Waals surface area contributed by atoms with Crippen LogP contribution in [-0.4, -0.2) is 29.8 Å². The third-order valence-electron chi connectivity index (χ3n) is 2.80. The van der Waals surface area contributed by atoms with Crippen molar-refractivity contribution < 1.29 is 9.59 Å². The number of aromatic nitrogens is 1. The highest BCUT2D eigenvalue weighted by atomic mass is 32.1. The molecule has 1 aliphatic heterocycles. The van der Waals surface area contributed by atoms with Gasteiger partial charge in [0.2, 0.25) is 5.91 Å². The first-order valence-corrected chi connectivity index (χ1v) is 6.53. The predicted octanol–water partition coefficient (Wildman–Crippen LogP) is 1.28. The van der Waals surface area contributed by atoms with Crippen molar-refractivity contribution in [2.75, 3.05) is 18.4 Å². The van der Waals surface area contributed by atoms with Crippen molar-refractivity contribution in [3.05, 3.63) is 11.1 Å². The standard InChI is InChI=1S/C11H15N3O2S/c1-7(15)9-6-17-11(13-9)14-10(16)8-2-4-12-5-3-8/h6,8,12H,2-5H2,1H3,(H,13,14,16). The van der Waals surface area contributed by atoms with Crippen LogP contribution < -0.4 is 10.6 Å². The number of nitrogens with one attached hydrogen (secondary N) is 2. The van der Waals surface area contributed by atoms with E-state index in [9.17, 15) is 9.59 Å². The Morgan fingerprint density at radius 1 is 1.47 bits per heavy atom. The average molecular weight is 253 g/mol. The van der Waals surface area contributed by atoms with Crippen LogP contribution in [0.4, 0.5) is 5.13 Å². The zero-order valence-corrected chi connectivity index (χ0v) is 10.5. The third-order valence-corrected chi connectivity index (χ3v) is 3.56. The summed E-state index contributed by atoms with van der Waals surface area (Å²) in [6.07, 6.45) is 1.72. The number of carbonyl (C=O) groups is 2. The van der Waals surface area contributed by atoms with Gasteiger partial charge in [-0.15, -0.1) is 11.3 Å². The van der Waals surface area contributed by atoms with Gasteiger partial charge in [0, 0.05) is 18.2 Å². The Hall–Kier alpha value is -1.27. The lowest BCUT2D eigenvalue weighted by Gasteiger charge is -2.20. The number of hydrogen-bond acceptors (Lipinski definition) is 5.